The second-order valence-electron chi connectivity index (χ2n) is 9.50. The van der Waals surface area contributed by atoms with Gasteiger partial charge in [-0.15, -0.1) is 10.2 Å². The van der Waals surface area contributed by atoms with Crippen LogP contribution < -0.4 is 5.32 Å². The zero-order chi connectivity index (χ0) is 29.1. The highest BCUT2D eigenvalue weighted by molar-refractivity contribution is 5.94. The van der Waals surface area contributed by atoms with E-state index in [-0.39, 0.29) is 29.1 Å². The molecule has 0 spiro atoms. The zero-order valence-electron chi connectivity index (χ0n) is 21.9. The highest BCUT2D eigenvalue weighted by Gasteiger charge is 2.25. The van der Waals surface area contributed by atoms with Gasteiger partial charge in [0.2, 0.25) is 11.8 Å². The summed E-state index contributed by atoms with van der Waals surface area (Å²) in [5, 5.41) is 10.9. The van der Waals surface area contributed by atoms with E-state index in [0.717, 1.165) is 5.56 Å². The average molecular weight is 566 g/mol. The van der Waals surface area contributed by atoms with E-state index >= 15 is 8.78 Å². The van der Waals surface area contributed by atoms with Gasteiger partial charge in [0.25, 0.3) is 5.91 Å². The molecule has 1 amide bonds. The van der Waals surface area contributed by atoms with Crippen molar-refractivity contribution in [3.63, 3.8) is 0 Å². The number of hydrogen-bond acceptors (Lipinski definition) is 5. The first-order valence-electron chi connectivity index (χ1n) is 13.0. The van der Waals surface area contributed by atoms with Crippen LogP contribution in [0, 0.1) is 17.5 Å². The molecule has 0 aliphatic heterocycles. The van der Waals surface area contributed by atoms with Gasteiger partial charge in [-0.25, -0.2) is 18.2 Å². The predicted octanol–water partition coefficient (Wildman–Crippen LogP) is 6.86. The SMILES string of the molecule is O=C(N[C@@H](Cn1ccnc1)c1c(F)cc(-c2ccc(F)cc2)cc1F)c1ccc(-c2nnc(-c3ccccc3)o2)cc1. The van der Waals surface area contributed by atoms with E-state index in [1.165, 1.54) is 48.9 Å². The summed E-state index contributed by atoms with van der Waals surface area (Å²) in [5.41, 5.74) is 2.03. The molecular weight excluding hydrogens is 543 g/mol. The molecule has 10 heteroatoms. The maximum atomic E-state index is 15.5. The summed E-state index contributed by atoms with van der Waals surface area (Å²) in [6.07, 6.45) is 4.65. The fraction of sp³-hybridized carbons (Fsp3) is 0.0625. The van der Waals surface area contributed by atoms with E-state index in [1.54, 1.807) is 35.0 Å². The monoisotopic (exact) mass is 565 g/mol. The number of carbonyl (C=O) groups is 1. The second-order valence-corrected chi connectivity index (χ2v) is 9.50. The van der Waals surface area contributed by atoms with Crippen molar-refractivity contribution in [2.45, 2.75) is 12.6 Å². The number of amides is 1. The normalized spacial score (nSPS) is 11.8. The second kappa shape index (κ2) is 11.5. The summed E-state index contributed by atoms with van der Waals surface area (Å²) < 4.78 is 51.6. The van der Waals surface area contributed by atoms with Crippen LogP contribution in [-0.2, 0) is 6.54 Å². The van der Waals surface area contributed by atoms with Gasteiger partial charge in [0.15, 0.2) is 0 Å². The molecule has 2 aromatic heterocycles. The van der Waals surface area contributed by atoms with Gasteiger partial charge in [-0.05, 0) is 71.8 Å². The van der Waals surface area contributed by atoms with E-state index in [1.807, 2.05) is 30.3 Å². The minimum atomic E-state index is -1.07. The summed E-state index contributed by atoms with van der Waals surface area (Å²) in [4.78, 5) is 17.3. The smallest absolute Gasteiger partial charge is 0.251 e. The highest BCUT2D eigenvalue weighted by Crippen LogP contribution is 2.30. The fourth-order valence-corrected chi connectivity index (χ4v) is 4.58. The van der Waals surface area contributed by atoms with Crippen LogP contribution in [0.25, 0.3) is 34.0 Å². The quantitative estimate of drug-likeness (QED) is 0.218. The van der Waals surface area contributed by atoms with Crippen LogP contribution in [0.2, 0.25) is 0 Å². The lowest BCUT2D eigenvalue weighted by molar-refractivity contribution is 0.0931. The van der Waals surface area contributed by atoms with Gasteiger partial charge in [-0.1, -0.05) is 30.3 Å². The van der Waals surface area contributed by atoms with E-state index in [2.05, 4.69) is 20.5 Å². The molecular formula is C32H22F3N5O2. The number of benzene rings is 4. The standard InChI is InChI=1S/C32H22F3N5O2/c33-25-12-10-20(11-13-25)24-16-26(34)29(27(35)17-24)28(18-40-15-14-36-19-40)37-30(41)21-6-8-23(9-7-21)32-39-38-31(42-32)22-4-2-1-3-5-22/h1-17,19,28H,18H2,(H,37,41)/t28-/m0/s1. The molecule has 0 saturated heterocycles. The van der Waals surface area contributed by atoms with Crippen molar-refractivity contribution in [1.29, 1.82) is 0 Å². The Labute approximate surface area is 238 Å². The van der Waals surface area contributed by atoms with Crippen molar-refractivity contribution >= 4 is 5.91 Å². The molecule has 7 nitrogen and oxygen atoms in total. The Morgan fingerprint density at radius 2 is 1.40 bits per heavy atom. The Kier molecular flexibility index (Phi) is 7.33. The van der Waals surface area contributed by atoms with Crippen molar-refractivity contribution in [1.82, 2.24) is 25.1 Å². The van der Waals surface area contributed by atoms with Crippen molar-refractivity contribution in [2.24, 2.45) is 0 Å². The first-order chi connectivity index (χ1) is 20.4. The Hall–Kier alpha value is -5.51. The molecule has 6 aromatic rings. The van der Waals surface area contributed by atoms with E-state index in [0.29, 0.717) is 17.0 Å². The Morgan fingerprint density at radius 1 is 0.786 bits per heavy atom. The summed E-state index contributed by atoms with van der Waals surface area (Å²) in [6.45, 7) is 0.0256. The molecule has 0 saturated carbocycles. The molecule has 208 valence electrons. The van der Waals surface area contributed by atoms with Gasteiger partial charge >= 0.3 is 0 Å². The summed E-state index contributed by atoms with van der Waals surface area (Å²) in [6, 6.07) is 22.3. The molecule has 0 radical (unpaired) electrons. The van der Waals surface area contributed by atoms with Gasteiger partial charge in [-0.3, -0.25) is 4.79 Å². The van der Waals surface area contributed by atoms with Crippen LogP contribution in [0.15, 0.2) is 114 Å². The van der Waals surface area contributed by atoms with E-state index in [9.17, 15) is 9.18 Å². The minimum absolute atomic E-state index is 0.0256. The number of halogens is 3. The van der Waals surface area contributed by atoms with Crippen molar-refractivity contribution in [3.05, 3.63) is 138 Å². The lowest BCUT2D eigenvalue weighted by Gasteiger charge is -2.22. The topological polar surface area (TPSA) is 85.8 Å². The highest BCUT2D eigenvalue weighted by atomic mass is 19.1. The number of nitrogens with zero attached hydrogens (tertiary/aromatic N) is 4. The van der Waals surface area contributed by atoms with Crippen LogP contribution in [0.4, 0.5) is 13.2 Å². The van der Waals surface area contributed by atoms with Gasteiger partial charge in [0.05, 0.1) is 12.4 Å². The molecule has 0 bridgehead atoms. The summed E-state index contributed by atoms with van der Waals surface area (Å²) >= 11 is 0. The summed E-state index contributed by atoms with van der Waals surface area (Å²) in [5.74, 6) is -2.04. The maximum absolute atomic E-state index is 15.5. The summed E-state index contributed by atoms with van der Waals surface area (Å²) in [7, 11) is 0. The molecule has 0 aliphatic carbocycles. The Bertz CT molecular complexity index is 1800. The minimum Gasteiger partial charge on any atom is -0.416 e. The van der Waals surface area contributed by atoms with Gasteiger partial charge in [-0.2, -0.15) is 0 Å². The number of aromatic nitrogens is 4. The van der Waals surface area contributed by atoms with E-state index in [4.69, 9.17) is 4.42 Å². The fourth-order valence-electron chi connectivity index (χ4n) is 4.58. The lowest BCUT2D eigenvalue weighted by atomic mass is 9.98. The van der Waals surface area contributed by atoms with Crippen molar-refractivity contribution < 1.29 is 22.4 Å². The van der Waals surface area contributed by atoms with Crippen LogP contribution in [0.1, 0.15) is 22.0 Å². The Balaban J connectivity index is 1.25. The zero-order valence-corrected chi connectivity index (χ0v) is 21.9. The Morgan fingerprint density at radius 3 is 2.02 bits per heavy atom. The molecule has 1 N–H and O–H groups in total. The molecule has 0 fully saturated rings. The number of imidazole rings is 1. The molecule has 1 atom stereocenters. The predicted molar refractivity (Wildman–Crippen MR) is 149 cm³/mol. The third-order valence-electron chi connectivity index (χ3n) is 6.70. The maximum Gasteiger partial charge on any atom is 0.251 e. The number of hydrogen-bond donors (Lipinski definition) is 1. The molecule has 4 aromatic carbocycles. The first kappa shape index (κ1) is 26.7. The molecule has 42 heavy (non-hydrogen) atoms. The van der Waals surface area contributed by atoms with Crippen molar-refractivity contribution in [3.8, 4) is 34.0 Å². The number of rotatable bonds is 8. The number of carbonyl (C=O) groups excluding carboxylic acids is 1. The molecule has 0 unspecified atom stereocenters. The molecule has 0 aliphatic rings. The lowest BCUT2D eigenvalue weighted by Crippen LogP contribution is -2.32. The van der Waals surface area contributed by atoms with Gasteiger partial charge in [0.1, 0.15) is 17.5 Å². The third kappa shape index (κ3) is 5.68. The third-order valence-corrected chi connectivity index (χ3v) is 6.70. The van der Waals surface area contributed by atoms with Crippen LogP contribution >= 0.6 is 0 Å². The number of nitrogens with one attached hydrogen (secondary N) is 1. The van der Waals surface area contributed by atoms with Crippen LogP contribution in [0.5, 0.6) is 0 Å². The average Bonchev–Trinajstić information content (AvgIpc) is 3.71. The largest absolute Gasteiger partial charge is 0.416 e. The first-order valence-corrected chi connectivity index (χ1v) is 13.0. The van der Waals surface area contributed by atoms with Crippen molar-refractivity contribution in [2.75, 3.05) is 0 Å². The van der Waals surface area contributed by atoms with Gasteiger partial charge < -0.3 is 14.3 Å². The van der Waals surface area contributed by atoms with E-state index < -0.39 is 29.4 Å². The molecule has 6 rings (SSSR count). The van der Waals surface area contributed by atoms with Gasteiger partial charge in [0, 0.05) is 41.2 Å². The molecule has 2 heterocycles. The van der Waals surface area contributed by atoms with Crippen LogP contribution in [0.3, 0.4) is 0 Å². The van der Waals surface area contributed by atoms with Crippen LogP contribution in [-0.4, -0.2) is 25.7 Å².